The average molecular weight is 278 g/mol. The fourth-order valence-electron chi connectivity index (χ4n) is 1.58. The smallest absolute Gasteiger partial charge is 0.373 e. The lowest BCUT2D eigenvalue weighted by Gasteiger charge is -2.14. The molecule has 1 N–H and O–H groups in total. The largest absolute Gasteiger partial charge is 0.453 e. The van der Waals surface area contributed by atoms with Gasteiger partial charge in [0.05, 0.1) is 0 Å². The molecule has 1 unspecified atom stereocenters. The Morgan fingerprint density at radius 1 is 0.947 bits per heavy atom. The van der Waals surface area contributed by atoms with E-state index in [0.29, 0.717) is 11.5 Å². The summed E-state index contributed by atoms with van der Waals surface area (Å²) < 4.78 is 22.1. The van der Waals surface area contributed by atoms with Crippen molar-refractivity contribution >= 4 is 7.60 Å². The maximum absolute atomic E-state index is 11.3. The molecule has 0 saturated heterocycles. The summed E-state index contributed by atoms with van der Waals surface area (Å²) in [5.74, 6) is 1.34. The van der Waals surface area contributed by atoms with Crippen molar-refractivity contribution < 1.29 is 18.7 Å². The Labute approximate surface area is 112 Å². The number of para-hydroxylation sites is 3. The van der Waals surface area contributed by atoms with E-state index in [1.54, 1.807) is 24.3 Å². The molecule has 0 aromatic heterocycles. The zero-order valence-electron chi connectivity index (χ0n) is 10.7. The van der Waals surface area contributed by atoms with Gasteiger partial charge in [0.15, 0.2) is 11.5 Å². The van der Waals surface area contributed by atoms with Gasteiger partial charge >= 0.3 is 7.60 Å². The molecule has 0 aliphatic rings. The van der Waals surface area contributed by atoms with E-state index in [-0.39, 0.29) is 5.75 Å². The van der Waals surface area contributed by atoms with Gasteiger partial charge < -0.3 is 14.2 Å². The SMILES string of the molecule is Cc1ccccc1Oc1ccccc1OP(C)(=O)O. The lowest BCUT2D eigenvalue weighted by molar-refractivity contribution is 0.373. The first-order valence-electron chi connectivity index (χ1n) is 5.78. The van der Waals surface area contributed by atoms with Crippen LogP contribution in [0.15, 0.2) is 48.5 Å². The van der Waals surface area contributed by atoms with E-state index in [9.17, 15) is 9.46 Å². The summed E-state index contributed by atoms with van der Waals surface area (Å²) in [6.45, 7) is 3.06. The molecule has 4 nitrogen and oxygen atoms in total. The zero-order valence-corrected chi connectivity index (χ0v) is 11.6. The van der Waals surface area contributed by atoms with Crippen LogP contribution in [0.2, 0.25) is 0 Å². The Balaban J connectivity index is 2.31. The van der Waals surface area contributed by atoms with Crippen molar-refractivity contribution in [2.24, 2.45) is 0 Å². The monoisotopic (exact) mass is 278 g/mol. The second kappa shape index (κ2) is 5.47. The first-order valence-corrected chi connectivity index (χ1v) is 7.80. The number of aryl methyl sites for hydroxylation is 1. The fourth-order valence-corrected chi connectivity index (χ4v) is 2.10. The number of ether oxygens (including phenoxy) is 1. The highest BCUT2D eigenvalue weighted by Crippen LogP contribution is 2.43. The van der Waals surface area contributed by atoms with Crippen LogP contribution in [0.1, 0.15) is 5.56 Å². The molecule has 0 amide bonds. The first kappa shape index (κ1) is 13.7. The zero-order chi connectivity index (χ0) is 13.9. The molecule has 0 spiro atoms. The second-order valence-electron chi connectivity index (χ2n) is 4.21. The number of hydrogen-bond donors (Lipinski definition) is 1. The third kappa shape index (κ3) is 3.85. The third-order valence-electron chi connectivity index (χ3n) is 2.43. The Morgan fingerprint density at radius 2 is 1.47 bits per heavy atom. The Bertz CT molecular complexity index is 618. The van der Waals surface area contributed by atoms with E-state index in [0.717, 1.165) is 12.2 Å². The van der Waals surface area contributed by atoms with Gasteiger partial charge in [-0.1, -0.05) is 30.3 Å². The number of rotatable bonds is 4. The molecule has 0 aliphatic carbocycles. The minimum Gasteiger partial charge on any atom is -0.453 e. The van der Waals surface area contributed by atoms with Gasteiger partial charge in [-0.05, 0) is 30.7 Å². The summed E-state index contributed by atoms with van der Waals surface area (Å²) >= 11 is 0. The highest BCUT2D eigenvalue weighted by molar-refractivity contribution is 7.52. The number of benzene rings is 2. The van der Waals surface area contributed by atoms with Crippen LogP contribution in [0.4, 0.5) is 0 Å². The van der Waals surface area contributed by atoms with E-state index < -0.39 is 7.60 Å². The van der Waals surface area contributed by atoms with E-state index >= 15 is 0 Å². The molecule has 1 atom stereocenters. The molecule has 2 aromatic carbocycles. The second-order valence-corrected chi connectivity index (χ2v) is 6.00. The van der Waals surface area contributed by atoms with Gasteiger partial charge in [0.2, 0.25) is 0 Å². The first-order chi connectivity index (χ1) is 8.96. The summed E-state index contributed by atoms with van der Waals surface area (Å²) in [5.41, 5.74) is 0.973. The van der Waals surface area contributed by atoms with Gasteiger partial charge in [0, 0.05) is 6.66 Å². The Hall–Kier alpha value is -1.77. The van der Waals surface area contributed by atoms with Crippen molar-refractivity contribution in [3.63, 3.8) is 0 Å². The molecule has 19 heavy (non-hydrogen) atoms. The van der Waals surface area contributed by atoms with E-state index in [1.165, 1.54) is 0 Å². The summed E-state index contributed by atoms with van der Waals surface area (Å²) in [6, 6.07) is 14.3. The average Bonchev–Trinajstić information content (AvgIpc) is 2.33. The number of hydrogen-bond acceptors (Lipinski definition) is 3. The summed E-state index contributed by atoms with van der Waals surface area (Å²) in [4.78, 5) is 9.29. The fraction of sp³-hybridized carbons (Fsp3) is 0.143. The van der Waals surface area contributed by atoms with Gasteiger partial charge in [0.1, 0.15) is 5.75 Å². The molecule has 2 aromatic rings. The van der Waals surface area contributed by atoms with Crippen LogP contribution in [0.25, 0.3) is 0 Å². The highest BCUT2D eigenvalue weighted by Gasteiger charge is 2.16. The van der Waals surface area contributed by atoms with Crippen LogP contribution in [-0.2, 0) is 4.57 Å². The van der Waals surface area contributed by atoms with Crippen LogP contribution in [-0.4, -0.2) is 11.6 Å². The Morgan fingerprint density at radius 3 is 2.05 bits per heavy atom. The Kier molecular flexibility index (Phi) is 3.93. The molecular formula is C14H15O4P. The normalized spacial score (nSPS) is 13.6. The van der Waals surface area contributed by atoms with Gasteiger partial charge in [-0.2, -0.15) is 0 Å². The van der Waals surface area contributed by atoms with Crippen molar-refractivity contribution in [1.29, 1.82) is 0 Å². The van der Waals surface area contributed by atoms with Crippen molar-refractivity contribution in [3.05, 3.63) is 54.1 Å². The lowest BCUT2D eigenvalue weighted by atomic mass is 10.2. The van der Waals surface area contributed by atoms with Crippen molar-refractivity contribution in [2.75, 3.05) is 6.66 Å². The van der Waals surface area contributed by atoms with E-state index in [1.807, 2.05) is 31.2 Å². The van der Waals surface area contributed by atoms with Crippen molar-refractivity contribution in [1.82, 2.24) is 0 Å². The third-order valence-corrected chi connectivity index (χ3v) is 2.97. The molecule has 0 radical (unpaired) electrons. The predicted molar refractivity (Wildman–Crippen MR) is 74.1 cm³/mol. The summed E-state index contributed by atoms with van der Waals surface area (Å²) in [5, 5.41) is 0. The topological polar surface area (TPSA) is 55.8 Å². The van der Waals surface area contributed by atoms with Crippen LogP contribution < -0.4 is 9.26 Å². The lowest BCUT2D eigenvalue weighted by Crippen LogP contribution is -1.94. The minimum absolute atomic E-state index is 0.249. The summed E-state index contributed by atoms with van der Waals surface area (Å²) in [7, 11) is -3.61. The molecule has 100 valence electrons. The van der Waals surface area contributed by atoms with Crippen LogP contribution in [0.5, 0.6) is 17.2 Å². The molecule has 0 heterocycles. The summed E-state index contributed by atoms with van der Waals surface area (Å²) in [6.07, 6.45) is 0. The van der Waals surface area contributed by atoms with Gasteiger partial charge in [-0.3, -0.25) is 0 Å². The molecular weight excluding hydrogens is 263 g/mol. The minimum atomic E-state index is -3.61. The van der Waals surface area contributed by atoms with Gasteiger partial charge in [-0.25, -0.2) is 4.57 Å². The van der Waals surface area contributed by atoms with Crippen LogP contribution in [0, 0.1) is 6.92 Å². The van der Waals surface area contributed by atoms with Gasteiger partial charge in [-0.15, -0.1) is 0 Å². The van der Waals surface area contributed by atoms with Crippen LogP contribution in [0.3, 0.4) is 0 Å². The standard InChI is InChI=1S/C14H15O4P/c1-11-7-3-4-8-12(11)17-13-9-5-6-10-14(13)18-19(2,15)16/h3-10H,1-2H3,(H,15,16). The maximum atomic E-state index is 11.3. The molecule has 5 heteroatoms. The highest BCUT2D eigenvalue weighted by atomic mass is 31.2. The van der Waals surface area contributed by atoms with Gasteiger partial charge in [0.25, 0.3) is 0 Å². The maximum Gasteiger partial charge on any atom is 0.373 e. The van der Waals surface area contributed by atoms with E-state index in [2.05, 4.69) is 0 Å². The molecule has 0 bridgehead atoms. The molecule has 0 fully saturated rings. The molecule has 0 saturated carbocycles. The van der Waals surface area contributed by atoms with Crippen molar-refractivity contribution in [3.8, 4) is 17.2 Å². The van der Waals surface area contributed by atoms with Crippen molar-refractivity contribution in [2.45, 2.75) is 6.92 Å². The van der Waals surface area contributed by atoms with Crippen LogP contribution >= 0.6 is 7.60 Å². The predicted octanol–water partition coefficient (Wildman–Crippen LogP) is 3.98. The van der Waals surface area contributed by atoms with E-state index in [4.69, 9.17) is 9.26 Å². The molecule has 2 rings (SSSR count). The quantitative estimate of drug-likeness (QED) is 0.859. The molecule has 0 aliphatic heterocycles.